The molecule has 1 aromatic heterocycles. The van der Waals surface area contributed by atoms with Crippen molar-refractivity contribution in [2.75, 3.05) is 11.0 Å². The van der Waals surface area contributed by atoms with E-state index in [1.165, 1.54) is 0 Å². The number of rotatable bonds is 3. The van der Waals surface area contributed by atoms with Crippen LogP contribution < -0.4 is 10.2 Å². The van der Waals surface area contributed by atoms with Gasteiger partial charge in [0.2, 0.25) is 0 Å². The molecule has 0 bridgehead atoms. The Kier molecular flexibility index (Phi) is 7.03. The lowest BCUT2D eigenvalue weighted by atomic mass is 9.77. The molecule has 2 fully saturated rings. The summed E-state index contributed by atoms with van der Waals surface area (Å²) in [6.45, 7) is 15.1. The van der Waals surface area contributed by atoms with Crippen LogP contribution in [-0.2, 0) is 20.7 Å². The highest BCUT2D eigenvalue weighted by atomic mass is 127. The Labute approximate surface area is 272 Å². The van der Waals surface area contributed by atoms with E-state index < -0.39 is 23.9 Å². The molecular weight excluding hydrogens is 668 g/mol. The Bertz CT molecular complexity index is 1780. The molecule has 4 aromatic rings. The van der Waals surface area contributed by atoms with E-state index in [1.54, 1.807) is 0 Å². The van der Waals surface area contributed by atoms with Gasteiger partial charge in [-0.05, 0) is 101 Å². The van der Waals surface area contributed by atoms with Crippen molar-refractivity contribution in [3.05, 3.63) is 53.9 Å². The van der Waals surface area contributed by atoms with Gasteiger partial charge in [-0.1, -0.05) is 46.9 Å². The smallest absolute Gasteiger partial charge is 0.488 e. The van der Waals surface area contributed by atoms with Gasteiger partial charge in [0.1, 0.15) is 23.8 Å². The van der Waals surface area contributed by atoms with Crippen LogP contribution >= 0.6 is 22.6 Å². The van der Waals surface area contributed by atoms with Gasteiger partial charge in [-0.25, -0.2) is 9.78 Å². The molecule has 4 heterocycles. The fraction of sp³-hybridized carbons (Fsp3) is 0.471. The topological polar surface area (TPSA) is 85.9 Å². The largest absolute Gasteiger partial charge is 0.494 e. The number of alkyl halides is 1. The van der Waals surface area contributed by atoms with Crippen LogP contribution in [0, 0.1) is 5.92 Å². The van der Waals surface area contributed by atoms with Gasteiger partial charge in [0.05, 0.1) is 28.3 Å². The van der Waals surface area contributed by atoms with Crippen LogP contribution in [0.4, 0.5) is 4.79 Å². The standard InChI is InChI=1S/C34H39BIN3O5/c1-32(2,3)42-31(40)39-17-19(16-36)12-27(39)30-37-26-11-8-20-14-25-23-10-9-22(35-43-33(4,5)34(6,7)44-35)13-21(23)18-41-28(25)15-24(20)29(26)38-30/h8-11,13-15,19,27H,12,16-18H2,1-7H3,(H,37,38)/t19-,27+/m1/s1. The number of aromatic amines is 1. The molecule has 3 aliphatic heterocycles. The number of carbonyl (C=O) groups is 1. The number of aromatic nitrogens is 2. The van der Waals surface area contributed by atoms with Crippen LogP contribution in [0.1, 0.15) is 72.3 Å². The molecule has 44 heavy (non-hydrogen) atoms. The summed E-state index contributed by atoms with van der Waals surface area (Å²) in [6, 6.07) is 14.7. The summed E-state index contributed by atoms with van der Waals surface area (Å²) < 4.78 is 25.7. The Morgan fingerprint density at radius 2 is 1.84 bits per heavy atom. The lowest BCUT2D eigenvalue weighted by Crippen LogP contribution is -2.41. The molecule has 3 aliphatic rings. The van der Waals surface area contributed by atoms with Gasteiger partial charge in [-0.2, -0.15) is 0 Å². The van der Waals surface area contributed by atoms with Crippen molar-refractivity contribution < 1.29 is 23.6 Å². The second-order valence-corrected chi connectivity index (χ2v) is 15.2. The summed E-state index contributed by atoms with van der Waals surface area (Å²) in [6.07, 6.45) is 0.561. The van der Waals surface area contributed by atoms with E-state index in [4.69, 9.17) is 23.8 Å². The van der Waals surface area contributed by atoms with Crippen molar-refractivity contribution in [1.82, 2.24) is 14.9 Å². The molecule has 10 heteroatoms. The van der Waals surface area contributed by atoms with Gasteiger partial charge in [0.15, 0.2) is 0 Å². The van der Waals surface area contributed by atoms with E-state index >= 15 is 0 Å². The van der Waals surface area contributed by atoms with Crippen molar-refractivity contribution in [3.63, 3.8) is 0 Å². The maximum absolute atomic E-state index is 13.2. The second-order valence-electron chi connectivity index (χ2n) is 14.3. The van der Waals surface area contributed by atoms with Crippen LogP contribution in [0.2, 0.25) is 0 Å². The Hall–Kier alpha value is -2.83. The van der Waals surface area contributed by atoms with E-state index in [9.17, 15) is 4.79 Å². The number of nitrogens with zero attached hydrogens (tertiary/aromatic N) is 2. The minimum Gasteiger partial charge on any atom is -0.488 e. The zero-order chi connectivity index (χ0) is 31.2. The maximum atomic E-state index is 13.2. The summed E-state index contributed by atoms with van der Waals surface area (Å²) >= 11 is 2.40. The Balaban J connectivity index is 1.22. The molecule has 8 nitrogen and oxygen atoms in total. The van der Waals surface area contributed by atoms with Crippen molar-refractivity contribution >= 4 is 63.1 Å². The van der Waals surface area contributed by atoms with Gasteiger partial charge >= 0.3 is 13.2 Å². The molecule has 1 amide bonds. The Morgan fingerprint density at radius 3 is 2.55 bits per heavy atom. The lowest BCUT2D eigenvalue weighted by Gasteiger charge is -2.32. The first-order valence-electron chi connectivity index (χ1n) is 15.4. The van der Waals surface area contributed by atoms with Crippen molar-refractivity contribution in [2.45, 2.75) is 84.3 Å². The number of imidazole rings is 1. The summed E-state index contributed by atoms with van der Waals surface area (Å²) in [7, 11) is -0.413. The molecule has 230 valence electrons. The number of benzene rings is 3. The van der Waals surface area contributed by atoms with Gasteiger partial charge in [0.25, 0.3) is 0 Å². The van der Waals surface area contributed by atoms with E-state index in [1.807, 2.05) is 25.7 Å². The number of hydrogen-bond donors (Lipinski definition) is 1. The summed E-state index contributed by atoms with van der Waals surface area (Å²) in [4.78, 5) is 23.6. The predicted octanol–water partition coefficient (Wildman–Crippen LogP) is 7.31. The number of hydrogen-bond acceptors (Lipinski definition) is 6. The SMILES string of the molecule is CC(C)(C)OC(=O)N1C[C@@H](CI)C[C@H]1c1nc2ccc3cc4c(cc3c2[nH]1)OCc1cc(B2OC(C)(C)C(C)(C)O2)ccc1-4. The van der Waals surface area contributed by atoms with Crippen LogP contribution in [0.5, 0.6) is 5.75 Å². The zero-order valence-electron chi connectivity index (χ0n) is 26.4. The zero-order valence-corrected chi connectivity index (χ0v) is 28.6. The first-order chi connectivity index (χ1) is 20.7. The second kappa shape index (κ2) is 10.4. The highest BCUT2D eigenvalue weighted by molar-refractivity contribution is 14.1. The van der Waals surface area contributed by atoms with E-state index in [0.29, 0.717) is 19.1 Å². The summed E-state index contributed by atoms with van der Waals surface area (Å²) in [5, 5.41) is 2.14. The van der Waals surface area contributed by atoms with Crippen molar-refractivity contribution in [3.8, 4) is 16.9 Å². The van der Waals surface area contributed by atoms with E-state index in [2.05, 4.69) is 97.7 Å². The monoisotopic (exact) mass is 707 g/mol. The highest BCUT2D eigenvalue weighted by Gasteiger charge is 2.51. The average molecular weight is 707 g/mol. The first-order valence-corrected chi connectivity index (χ1v) is 16.9. The molecule has 0 unspecified atom stereocenters. The fourth-order valence-electron chi connectivity index (χ4n) is 6.43. The molecular formula is C34H39BIN3O5. The molecule has 2 atom stereocenters. The third-order valence-electron chi connectivity index (χ3n) is 9.47. The molecule has 1 N–H and O–H groups in total. The molecule has 2 saturated heterocycles. The highest BCUT2D eigenvalue weighted by Crippen LogP contribution is 2.43. The van der Waals surface area contributed by atoms with Crippen LogP contribution in [0.25, 0.3) is 32.9 Å². The average Bonchev–Trinajstić information content (AvgIpc) is 3.64. The quantitative estimate of drug-likeness (QED) is 0.137. The number of ether oxygens (including phenoxy) is 2. The Morgan fingerprint density at radius 1 is 1.09 bits per heavy atom. The van der Waals surface area contributed by atoms with Crippen LogP contribution in [-0.4, -0.2) is 55.9 Å². The summed E-state index contributed by atoms with van der Waals surface area (Å²) in [5.74, 6) is 2.03. The van der Waals surface area contributed by atoms with Crippen molar-refractivity contribution in [2.24, 2.45) is 5.92 Å². The first kappa shape index (κ1) is 29.9. The molecule has 0 aliphatic carbocycles. The number of amides is 1. The van der Waals surface area contributed by atoms with Gasteiger partial charge in [0, 0.05) is 21.9 Å². The minimum absolute atomic E-state index is 0.161. The molecule has 0 spiro atoms. The number of H-pyrrole nitrogens is 1. The number of nitrogens with one attached hydrogen (secondary N) is 1. The number of halogens is 1. The van der Waals surface area contributed by atoms with Crippen molar-refractivity contribution in [1.29, 1.82) is 0 Å². The number of likely N-dealkylation sites (tertiary alicyclic amines) is 1. The molecule has 0 radical (unpaired) electrons. The summed E-state index contributed by atoms with van der Waals surface area (Å²) in [5.41, 5.74) is 4.82. The van der Waals surface area contributed by atoms with Gasteiger partial charge in [-0.15, -0.1) is 0 Å². The normalized spacial score (nSPS) is 22.3. The maximum Gasteiger partial charge on any atom is 0.494 e. The van der Waals surface area contributed by atoms with E-state index in [-0.39, 0.29) is 12.1 Å². The minimum atomic E-state index is -0.556. The van der Waals surface area contributed by atoms with E-state index in [0.717, 1.165) is 66.4 Å². The predicted molar refractivity (Wildman–Crippen MR) is 182 cm³/mol. The molecule has 3 aromatic carbocycles. The van der Waals surface area contributed by atoms with Crippen LogP contribution in [0.3, 0.4) is 0 Å². The van der Waals surface area contributed by atoms with Crippen LogP contribution in [0.15, 0.2) is 42.5 Å². The number of fused-ring (bicyclic) bond motifs is 6. The molecule has 7 rings (SSSR count). The van der Waals surface area contributed by atoms with Gasteiger partial charge < -0.3 is 23.8 Å². The van der Waals surface area contributed by atoms with Gasteiger partial charge in [-0.3, -0.25) is 4.90 Å². The third-order valence-corrected chi connectivity index (χ3v) is 10.7. The lowest BCUT2D eigenvalue weighted by molar-refractivity contribution is 0.00578. The molecule has 0 saturated carbocycles. The third kappa shape index (κ3) is 5.06. The number of carbonyl (C=O) groups excluding carboxylic acids is 1. The fourth-order valence-corrected chi connectivity index (χ4v) is 7.07.